The zero-order valence-corrected chi connectivity index (χ0v) is 12.6. The van der Waals surface area contributed by atoms with Crippen molar-refractivity contribution in [1.82, 2.24) is 14.9 Å². The number of fused-ring (bicyclic) bond motifs is 1. The molecule has 5 nitrogen and oxygen atoms in total. The first-order valence-electron chi connectivity index (χ1n) is 7.59. The second-order valence-corrected chi connectivity index (χ2v) is 5.31. The number of aromatic nitrogens is 2. The molecule has 0 spiro atoms. The summed E-state index contributed by atoms with van der Waals surface area (Å²) < 4.78 is 2.02. The van der Waals surface area contributed by atoms with Crippen LogP contribution in [0.25, 0.3) is 11.0 Å². The molecule has 0 aliphatic heterocycles. The second-order valence-electron chi connectivity index (χ2n) is 5.31. The van der Waals surface area contributed by atoms with E-state index in [1.807, 2.05) is 35.9 Å². The van der Waals surface area contributed by atoms with Gasteiger partial charge in [-0.2, -0.15) is 0 Å². The number of carbonyl (C=O) groups excluding carboxylic acids is 1. The van der Waals surface area contributed by atoms with Crippen molar-refractivity contribution in [2.45, 2.75) is 38.6 Å². The van der Waals surface area contributed by atoms with Crippen molar-refractivity contribution in [2.75, 3.05) is 6.54 Å². The van der Waals surface area contributed by atoms with E-state index in [0.717, 1.165) is 49.1 Å². The molecule has 3 N–H and O–H groups in total. The number of aryl methyl sites for hydroxylation is 1. The summed E-state index contributed by atoms with van der Waals surface area (Å²) in [6.07, 6.45) is 4.72. The monoisotopic (exact) mass is 288 g/mol. The zero-order chi connectivity index (χ0) is 15.1. The first-order chi connectivity index (χ1) is 10.2. The summed E-state index contributed by atoms with van der Waals surface area (Å²) in [6, 6.07) is 7.98. The fraction of sp³-hybridized carbons (Fsp3) is 0.500. The van der Waals surface area contributed by atoms with Gasteiger partial charge in [-0.1, -0.05) is 25.0 Å². The average molecular weight is 288 g/mol. The van der Waals surface area contributed by atoms with Gasteiger partial charge >= 0.3 is 0 Å². The summed E-state index contributed by atoms with van der Waals surface area (Å²) in [7, 11) is 1.98. The Kier molecular flexibility index (Phi) is 5.75. The van der Waals surface area contributed by atoms with Gasteiger partial charge in [-0.3, -0.25) is 4.79 Å². The lowest BCUT2D eigenvalue weighted by atomic mass is 10.1. The van der Waals surface area contributed by atoms with Gasteiger partial charge in [-0.15, -0.1) is 0 Å². The molecule has 0 radical (unpaired) electrons. The molecule has 0 aliphatic rings. The maximum atomic E-state index is 11.8. The topological polar surface area (TPSA) is 72.9 Å². The Balaban J connectivity index is 1.79. The van der Waals surface area contributed by atoms with Crippen LogP contribution in [0.5, 0.6) is 0 Å². The summed E-state index contributed by atoms with van der Waals surface area (Å²) in [4.78, 5) is 16.3. The first-order valence-corrected chi connectivity index (χ1v) is 7.59. The molecule has 1 heterocycles. The number of nitrogens with one attached hydrogen (secondary N) is 1. The van der Waals surface area contributed by atoms with E-state index in [1.54, 1.807) is 0 Å². The summed E-state index contributed by atoms with van der Waals surface area (Å²) in [5.41, 5.74) is 7.49. The normalized spacial score (nSPS) is 11.0. The van der Waals surface area contributed by atoms with Gasteiger partial charge in [0, 0.05) is 13.5 Å². The molecule has 1 aromatic carbocycles. The minimum Gasteiger partial charge on any atom is -0.349 e. The Hall–Kier alpha value is -1.88. The summed E-state index contributed by atoms with van der Waals surface area (Å²) in [5.74, 6) is 0.975. The van der Waals surface area contributed by atoms with Gasteiger partial charge in [0.2, 0.25) is 5.91 Å². The Labute approximate surface area is 125 Å². The Morgan fingerprint density at radius 2 is 2.00 bits per heavy atom. The van der Waals surface area contributed by atoms with Crippen LogP contribution < -0.4 is 11.1 Å². The third kappa shape index (κ3) is 4.29. The molecule has 0 aliphatic carbocycles. The molecule has 0 saturated heterocycles. The SMILES string of the molecule is Cn1c(CNC(=O)CCCCCCN)nc2ccccc21. The van der Waals surface area contributed by atoms with Gasteiger partial charge in [0.1, 0.15) is 5.82 Å². The van der Waals surface area contributed by atoms with Crippen molar-refractivity contribution in [3.63, 3.8) is 0 Å². The predicted octanol–water partition coefficient (Wildman–Crippen LogP) is 2.10. The highest BCUT2D eigenvalue weighted by Crippen LogP contribution is 2.14. The quantitative estimate of drug-likeness (QED) is 0.731. The van der Waals surface area contributed by atoms with E-state index in [-0.39, 0.29) is 5.91 Å². The van der Waals surface area contributed by atoms with Gasteiger partial charge in [0.25, 0.3) is 0 Å². The molecular formula is C16H24N4O. The van der Waals surface area contributed by atoms with E-state index in [1.165, 1.54) is 0 Å². The van der Waals surface area contributed by atoms with Crippen LogP contribution in [-0.4, -0.2) is 22.0 Å². The van der Waals surface area contributed by atoms with E-state index in [4.69, 9.17) is 5.73 Å². The van der Waals surface area contributed by atoms with E-state index in [9.17, 15) is 4.79 Å². The van der Waals surface area contributed by atoms with Crippen molar-refractivity contribution in [3.05, 3.63) is 30.1 Å². The molecule has 1 aromatic heterocycles. The van der Waals surface area contributed by atoms with Crippen LogP contribution in [0, 0.1) is 0 Å². The van der Waals surface area contributed by atoms with Crippen LogP contribution in [0.4, 0.5) is 0 Å². The smallest absolute Gasteiger partial charge is 0.220 e. The standard InChI is InChI=1S/C16H24N4O/c1-20-14-9-6-5-8-13(14)19-15(20)12-18-16(21)10-4-2-3-7-11-17/h5-6,8-9H,2-4,7,10-12,17H2,1H3,(H,18,21). The molecule has 0 fully saturated rings. The minimum atomic E-state index is 0.0924. The fourth-order valence-corrected chi connectivity index (χ4v) is 2.40. The number of amides is 1. The molecule has 21 heavy (non-hydrogen) atoms. The number of nitrogens with zero attached hydrogens (tertiary/aromatic N) is 2. The van der Waals surface area contributed by atoms with Crippen LogP contribution in [0.2, 0.25) is 0 Å². The average Bonchev–Trinajstić information content (AvgIpc) is 2.82. The highest BCUT2D eigenvalue weighted by molar-refractivity contribution is 5.77. The van der Waals surface area contributed by atoms with Crippen molar-refractivity contribution in [1.29, 1.82) is 0 Å². The molecule has 0 saturated carbocycles. The largest absolute Gasteiger partial charge is 0.349 e. The third-order valence-corrected chi connectivity index (χ3v) is 3.68. The first kappa shape index (κ1) is 15.5. The van der Waals surface area contributed by atoms with Gasteiger partial charge in [-0.05, 0) is 31.5 Å². The fourth-order valence-electron chi connectivity index (χ4n) is 2.40. The van der Waals surface area contributed by atoms with Crippen molar-refractivity contribution >= 4 is 16.9 Å². The van der Waals surface area contributed by atoms with E-state index >= 15 is 0 Å². The lowest BCUT2D eigenvalue weighted by Gasteiger charge is -2.05. The maximum absolute atomic E-state index is 11.8. The van der Waals surface area contributed by atoms with Gasteiger partial charge in [-0.25, -0.2) is 4.98 Å². The Morgan fingerprint density at radius 3 is 2.76 bits per heavy atom. The van der Waals surface area contributed by atoms with Gasteiger partial charge < -0.3 is 15.6 Å². The molecule has 0 atom stereocenters. The number of hydrogen-bond acceptors (Lipinski definition) is 3. The van der Waals surface area contributed by atoms with Crippen LogP contribution >= 0.6 is 0 Å². The number of hydrogen-bond donors (Lipinski definition) is 2. The number of carbonyl (C=O) groups is 1. The molecule has 2 rings (SSSR count). The third-order valence-electron chi connectivity index (χ3n) is 3.68. The lowest BCUT2D eigenvalue weighted by molar-refractivity contribution is -0.121. The summed E-state index contributed by atoms with van der Waals surface area (Å²) in [5, 5.41) is 2.94. The molecule has 1 amide bonds. The van der Waals surface area contributed by atoms with Crippen LogP contribution in [0.3, 0.4) is 0 Å². The molecule has 114 valence electrons. The Morgan fingerprint density at radius 1 is 1.24 bits per heavy atom. The number of unbranched alkanes of at least 4 members (excludes halogenated alkanes) is 3. The minimum absolute atomic E-state index is 0.0924. The van der Waals surface area contributed by atoms with Gasteiger partial charge in [0.15, 0.2) is 0 Å². The highest BCUT2D eigenvalue weighted by Gasteiger charge is 2.08. The van der Waals surface area contributed by atoms with Crippen molar-refractivity contribution in [2.24, 2.45) is 12.8 Å². The van der Waals surface area contributed by atoms with Crippen LogP contribution in [0.15, 0.2) is 24.3 Å². The van der Waals surface area contributed by atoms with Gasteiger partial charge in [0.05, 0.1) is 17.6 Å². The number of benzene rings is 1. The molecule has 2 aromatic rings. The number of imidazole rings is 1. The number of rotatable bonds is 8. The molecule has 5 heteroatoms. The van der Waals surface area contributed by atoms with Crippen LogP contribution in [0.1, 0.15) is 37.9 Å². The molecular weight excluding hydrogens is 264 g/mol. The maximum Gasteiger partial charge on any atom is 0.220 e. The van der Waals surface area contributed by atoms with E-state index in [2.05, 4.69) is 10.3 Å². The Bertz CT molecular complexity index is 591. The predicted molar refractivity (Wildman–Crippen MR) is 84.7 cm³/mol. The number of para-hydroxylation sites is 2. The lowest BCUT2D eigenvalue weighted by Crippen LogP contribution is -2.24. The van der Waals surface area contributed by atoms with Crippen LogP contribution in [-0.2, 0) is 18.4 Å². The van der Waals surface area contributed by atoms with Crippen molar-refractivity contribution < 1.29 is 4.79 Å². The zero-order valence-electron chi connectivity index (χ0n) is 12.6. The van der Waals surface area contributed by atoms with E-state index in [0.29, 0.717) is 13.0 Å². The second kappa shape index (κ2) is 7.78. The molecule has 0 unspecified atom stereocenters. The summed E-state index contributed by atoms with van der Waals surface area (Å²) in [6.45, 7) is 1.21. The summed E-state index contributed by atoms with van der Waals surface area (Å²) >= 11 is 0. The number of nitrogens with two attached hydrogens (primary N) is 1. The van der Waals surface area contributed by atoms with E-state index < -0.39 is 0 Å². The molecule has 0 bridgehead atoms. The highest BCUT2D eigenvalue weighted by atomic mass is 16.1. The van der Waals surface area contributed by atoms with Crippen molar-refractivity contribution in [3.8, 4) is 0 Å².